The van der Waals surface area contributed by atoms with Crippen molar-refractivity contribution in [2.45, 2.75) is 38.3 Å². The van der Waals surface area contributed by atoms with Crippen LogP contribution in [0.25, 0.3) is 10.9 Å². The summed E-state index contributed by atoms with van der Waals surface area (Å²) in [4.78, 5) is 52.7. The number of benzene rings is 2. The molecular weight excluding hydrogens is 507 g/mol. The minimum atomic E-state index is -1.13. The summed E-state index contributed by atoms with van der Waals surface area (Å²) in [5, 5.41) is 6.12. The molecule has 0 saturated carbocycles. The van der Waals surface area contributed by atoms with E-state index >= 15 is 0 Å². The number of halogens is 1. The molecule has 0 saturated heterocycles. The highest BCUT2D eigenvalue weighted by Gasteiger charge is 2.25. The number of methoxy groups -OCH3 is 1. The maximum atomic E-state index is 13.9. The first-order chi connectivity index (χ1) is 18.7. The summed E-state index contributed by atoms with van der Waals surface area (Å²) in [5.41, 5.74) is 6.60. The van der Waals surface area contributed by atoms with E-state index in [0.717, 1.165) is 6.08 Å². The van der Waals surface area contributed by atoms with E-state index in [1.807, 2.05) is 0 Å². The number of amides is 3. The van der Waals surface area contributed by atoms with E-state index in [-0.39, 0.29) is 31.6 Å². The Morgan fingerprint density at radius 2 is 1.87 bits per heavy atom. The third-order valence-corrected chi connectivity index (χ3v) is 5.82. The van der Waals surface area contributed by atoms with Gasteiger partial charge in [0.2, 0.25) is 11.8 Å². The summed E-state index contributed by atoms with van der Waals surface area (Å²) < 4.78 is 24.1. The molecule has 10 nitrogen and oxygen atoms in total. The molecule has 2 atom stereocenters. The molecule has 39 heavy (non-hydrogen) atoms. The van der Waals surface area contributed by atoms with Crippen molar-refractivity contribution in [3.63, 3.8) is 0 Å². The van der Waals surface area contributed by atoms with E-state index in [0.29, 0.717) is 22.2 Å². The number of rotatable bonds is 13. The van der Waals surface area contributed by atoms with Crippen molar-refractivity contribution in [2.75, 3.05) is 13.7 Å². The van der Waals surface area contributed by atoms with E-state index in [2.05, 4.69) is 15.6 Å². The quantitative estimate of drug-likeness (QED) is 0.194. The van der Waals surface area contributed by atoms with Gasteiger partial charge in [-0.15, -0.1) is 0 Å². The van der Waals surface area contributed by atoms with Crippen molar-refractivity contribution >= 4 is 34.6 Å². The molecule has 0 spiro atoms. The standard InChI is InChI=1S/C28H31FN4O6/c1-3-39-26(35)13-11-19(10-12-25(30)34)31-27(36)22(15-17-6-4-7-18(29)14-17)33-28(37)23-16-20-21(32-23)8-5-9-24(20)38-2/h4-9,11,13-14,16,19,22,32H,3,10,12,15H2,1-2H3,(H2,30,34)(H,31,36)(H,33,37). The second-order valence-corrected chi connectivity index (χ2v) is 8.70. The maximum Gasteiger partial charge on any atom is 0.330 e. The number of esters is 1. The van der Waals surface area contributed by atoms with Gasteiger partial charge in [-0.2, -0.15) is 0 Å². The van der Waals surface area contributed by atoms with Gasteiger partial charge in [-0.25, -0.2) is 9.18 Å². The molecule has 3 aromatic rings. The first-order valence-corrected chi connectivity index (χ1v) is 12.3. The maximum absolute atomic E-state index is 13.9. The smallest absolute Gasteiger partial charge is 0.330 e. The molecule has 0 bridgehead atoms. The molecule has 2 unspecified atom stereocenters. The number of ether oxygens (including phenoxy) is 2. The number of aromatic nitrogens is 1. The average molecular weight is 539 g/mol. The molecule has 11 heteroatoms. The Labute approximate surface area is 224 Å². The fourth-order valence-electron chi connectivity index (χ4n) is 3.96. The Morgan fingerprint density at radius 3 is 2.56 bits per heavy atom. The van der Waals surface area contributed by atoms with Crippen LogP contribution in [0.1, 0.15) is 35.8 Å². The fraction of sp³-hybridized carbons (Fsp3) is 0.286. The van der Waals surface area contributed by atoms with Crippen molar-refractivity contribution in [1.29, 1.82) is 0 Å². The molecule has 3 amide bonds. The van der Waals surface area contributed by atoms with Crippen LogP contribution in [0.2, 0.25) is 0 Å². The van der Waals surface area contributed by atoms with Crippen LogP contribution >= 0.6 is 0 Å². The predicted molar refractivity (Wildman–Crippen MR) is 142 cm³/mol. The van der Waals surface area contributed by atoms with E-state index in [9.17, 15) is 23.6 Å². The van der Waals surface area contributed by atoms with Crippen molar-refractivity contribution in [2.24, 2.45) is 5.73 Å². The number of carbonyl (C=O) groups excluding carboxylic acids is 4. The second-order valence-electron chi connectivity index (χ2n) is 8.70. The number of fused-ring (bicyclic) bond motifs is 1. The van der Waals surface area contributed by atoms with Crippen LogP contribution in [-0.2, 0) is 25.5 Å². The molecule has 1 aromatic heterocycles. The third-order valence-electron chi connectivity index (χ3n) is 5.82. The summed E-state index contributed by atoms with van der Waals surface area (Å²) in [5.74, 6) is -2.29. The normalized spacial score (nSPS) is 12.6. The summed E-state index contributed by atoms with van der Waals surface area (Å²) in [7, 11) is 1.52. The van der Waals surface area contributed by atoms with Gasteiger partial charge in [-0.05, 0) is 49.2 Å². The number of aromatic amines is 1. The van der Waals surface area contributed by atoms with E-state index in [4.69, 9.17) is 15.2 Å². The lowest BCUT2D eigenvalue weighted by Crippen LogP contribution is -2.50. The second kappa shape index (κ2) is 13.8. The Bertz CT molecular complexity index is 1370. The van der Waals surface area contributed by atoms with Gasteiger partial charge in [0.25, 0.3) is 5.91 Å². The predicted octanol–water partition coefficient (Wildman–Crippen LogP) is 2.53. The van der Waals surface area contributed by atoms with Crippen LogP contribution in [0.5, 0.6) is 5.75 Å². The monoisotopic (exact) mass is 538 g/mol. The molecular formula is C28H31FN4O6. The third kappa shape index (κ3) is 8.42. The first-order valence-electron chi connectivity index (χ1n) is 12.3. The van der Waals surface area contributed by atoms with Gasteiger partial charge in [0.1, 0.15) is 23.3 Å². The van der Waals surface area contributed by atoms with E-state index in [1.165, 1.54) is 31.4 Å². The van der Waals surface area contributed by atoms with Crippen LogP contribution < -0.4 is 21.1 Å². The number of nitrogens with one attached hydrogen (secondary N) is 3. The number of hydrogen-bond acceptors (Lipinski definition) is 6. The summed E-state index contributed by atoms with van der Waals surface area (Å²) >= 11 is 0. The lowest BCUT2D eigenvalue weighted by molar-refractivity contribution is -0.137. The van der Waals surface area contributed by atoms with Gasteiger partial charge >= 0.3 is 5.97 Å². The Morgan fingerprint density at radius 1 is 1.10 bits per heavy atom. The molecule has 5 N–H and O–H groups in total. The first kappa shape index (κ1) is 28.9. The van der Waals surface area contributed by atoms with Crippen molar-refractivity contribution in [3.8, 4) is 5.75 Å². The number of primary amides is 1. The largest absolute Gasteiger partial charge is 0.496 e. The van der Waals surface area contributed by atoms with Crippen molar-refractivity contribution in [3.05, 3.63) is 77.8 Å². The molecule has 0 radical (unpaired) electrons. The number of nitrogens with two attached hydrogens (primary N) is 1. The summed E-state index contributed by atoms with van der Waals surface area (Å²) in [6, 6.07) is 10.7. The highest BCUT2D eigenvalue weighted by Crippen LogP contribution is 2.26. The fourth-order valence-corrected chi connectivity index (χ4v) is 3.96. The minimum absolute atomic E-state index is 0.0248. The Kier molecular flexibility index (Phi) is 10.2. The highest BCUT2D eigenvalue weighted by molar-refractivity contribution is 6.01. The number of carbonyl (C=O) groups is 4. The van der Waals surface area contributed by atoms with Gasteiger partial charge < -0.3 is 30.8 Å². The molecule has 0 aliphatic heterocycles. The van der Waals surface area contributed by atoms with Gasteiger partial charge in [-0.1, -0.05) is 24.3 Å². The van der Waals surface area contributed by atoms with Crippen LogP contribution in [0, 0.1) is 5.82 Å². The summed E-state index contributed by atoms with van der Waals surface area (Å²) in [6.45, 7) is 1.82. The number of H-pyrrole nitrogens is 1. The molecule has 1 heterocycles. The van der Waals surface area contributed by atoms with E-state index in [1.54, 1.807) is 37.3 Å². The van der Waals surface area contributed by atoms with Crippen LogP contribution in [0.4, 0.5) is 4.39 Å². The topological polar surface area (TPSA) is 153 Å². The van der Waals surface area contributed by atoms with Crippen molar-refractivity contribution in [1.82, 2.24) is 15.6 Å². The molecule has 206 valence electrons. The average Bonchev–Trinajstić information content (AvgIpc) is 3.35. The molecule has 0 aliphatic carbocycles. The van der Waals surface area contributed by atoms with E-state index < -0.39 is 41.6 Å². The lowest BCUT2D eigenvalue weighted by Gasteiger charge is -2.22. The minimum Gasteiger partial charge on any atom is -0.496 e. The molecule has 0 fully saturated rings. The Hall–Kier alpha value is -4.67. The van der Waals surface area contributed by atoms with Gasteiger partial charge in [0.05, 0.1) is 13.7 Å². The van der Waals surface area contributed by atoms with Crippen LogP contribution in [0.3, 0.4) is 0 Å². The molecule has 0 aliphatic rings. The van der Waals surface area contributed by atoms with Gasteiger partial charge in [0, 0.05) is 35.9 Å². The van der Waals surface area contributed by atoms with Crippen molar-refractivity contribution < 1.29 is 33.0 Å². The SMILES string of the molecule is CCOC(=O)C=CC(CCC(N)=O)NC(=O)C(Cc1cccc(F)c1)NC(=O)c1cc2c(OC)cccc2[nH]1. The van der Waals surface area contributed by atoms with Gasteiger partial charge in [-0.3, -0.25) is 14.4 Å². The number of hydrogen-bond donors (Lipinski definition) is 4. The van der Waals surface area contributed by atoms with Crippen LogP contribution in [-0.4, -0.2) is 54.5 Å². The Balaban J connectivity index is 1.85. The highest BCUT2D eigenvalue weighted by atomic mass is 19.1. The van der Waals surface area contributed by atoms with Gasteiger partial charge in [0.15, 0.2) is 0 Å². The lowest BCUT2D eigenvalue weighted by atomic mass is 10.0. The zero-order chi connectivity index (χ0) is 28.4. The zero-order valence-electron chi connectivity index (χ0n) is 21.7. The summed E-state index contributed by atoms with van der Waals surface area (Å²) in [6.07, 6.45) is 2.57. The van der Waals surface area contributed by atoms with Crippen LogP contribution in [0.15, 0.2) is 60.7 Å². The molecule has 2 aromatic carbocycles. The zero-order valence-corrected chi connectivity index (χ0v) is 21.7. The molecule has 3 rings (SSSR count).